The third-order valence-corrected chi connectivity index (χ3v) is 12.5. The van der Waals surface area contributed by atoms with Crippen molar-refractivity contribution in [3.05, 3.63) is 36.5 Å². The fourth-order valence-electron chi connectivity index (χ4n) is 8.79. The molecule has 17 unspecified atom stereocenters. The molecule has 0 aromatic heterocycles. The summed E-state index contributed by atoms with van der Waals surface area (Å²) in [5, 5.41) is 23.0. The molecule has 330 valence electrons. The minimum atomic E-state index is -2.06. The summed E-state index contributed by atoms with van der Waals surface area (Å²) in [5.74, 6) is -3.58. The molecule has 5 fully saturated rings. The van der Waals surface area contributed by atoms with E-state index in [4.69, 9.17) is 52.1 Å². The minimum absolute atomic E-state index is 0.117. The van der Waals surface area contributed by atoms with Crippen molar-refractivity contribution >= 4 is 11.8 Å². The van der Waals surface area contributed by atoms with Crippen molar-refractivity contribution in [3.8, 4) is 0 Å². The van der Waals surface area contributed by atoms with Gasteiger partial charge in [-0.3, -0.25) is 9.59 Å². The van der Waals surface area contributed by atoms with Crippen LogP contribution in [0.15, 0.2) is 36.5 Å². The molecule has 0 aliphatic carbocycles. The molecular formula is C43H68O15. The van der Waals surface area contributed by atoms with E-state index in [0.29, 0.717) is 12.3 Å². The third-order valence-electron chi connectivity index (χ3n) is 12.5. The Bertz CT molecular complexity index is 1450. The van der Waals surface area contributed by atoms with Gasteiger partial charge in [0.25, 0.3) is 0 Å². The van der Waals surface area contributed by atoms with Crippen LogP contribution in [0.5, 0.6) is 0 Å². The number of allylic oxidation sites excluding steroid dienone is 5. The molecule has 0 aromatic rings. The van der Waals surface area contributed by atoms with Gasteiger partial charge >= 0.3 is 5.97 Å². The minimum Gasteiger partial charge on any atom is -0.457 e. The molecule has 0 radical (unpaired) electrons. The lowest BCUT2D eigenvalue weighted by Gasteiger charge is -2.48. The van der Waals surface area contributed by atoms with Gasteiger partial charge in [0, 0.05) is 58.5 Å². The highest BCUT2D eigenvalue weighted by atomic mass is 16.8. The molecule has 5 aliphatic heterocycles. The van der Waals surface area contributed by atoms with Gasteiger partial charge in [-0.05, 0) is 25.3 Å². The number of methoxy groups -OCH3 is 4. The second-order valence-corrected chi connectivity index (χ2v) is 17.3. The SMILES string of the molecule is COC1C(C)OC(OC2C(O)COC(OC3CC4CC(=O)C5(O)OC(CC5C)C(C)(C)C(/C=C/C=C/C=C/C(C)C)OC(=O)CC(O4)C3C)C2OC)C(OC)C1OC. The molecule has 5 saturated heterocycles. The Morgan fingerprint density at radius 2 is 1.45 bits per heavy atom. The molecular weight excluding hydrogens is 756 g/mol. The van der Waals surface area contributed by atoms with Crippen LogP contribution in [0.2, 0.25) is 0 Å². The van der Waals surface area contributed by atoms with E-state index < -0.39 is 121 Å². The first-order valence-electron chi connectivity index (χ1n) is 20.7. The van der Waals surface area contributed by atoms with Crippen molar-refractivity contribution < 1.29 is 71.9 Å². The number of ether oxygens (including phenoxy) is 11. The van der Waals surface area contributed by atoms with Crippen LogP contribution in [0.3, 0.4) is 0 Å². The van der Waals surface area contributed by atoms with Crippen molar-refractivity contribution in [2.24, 2.45) is 23.2 Å². The lowest BCUT2D eigenvalue weighted by molar-refractivity contribution is -0.358. The Labute approximate surface area is 343 Å². The Kier molecular flexibility index (Phi) is 16.3. The molecule has 0 amide bonds. The van der Waals surface area contributed by atoms with Gasteiger partial charge in [0.15, 0.2) is 18.4 Å². The van der Waals surface area contributed by atoms with E-state index >= 15 is 0 Å². The van der Waals surface area contributed by atoms with Crippen LogP contribution in [0, 0.1) is 23.2 Å². The molecule has 15 heteroatoms. The molecule has 2 N–H and O–H groups in total. The quantitative estimate of drug-likeness (QED) is 0.215. The number of rotatable bonds is 12. The number of hydrogen-bond donors (Lipinski definition) is 2. The summed E-state index contributed by atoms with van der Waals surface area (Å²) < 4.78 is 67.3. The number of carbonyl (C=O) groups excluding carboxylic acids is 2. The highest BCUT2D eigenvalue weighted by Crippen LogP contribution is 2.46. The Hall–Kier alpha value is -2.12. The van der Waals surface area contributed by atoms with Gasteiger partial charge in [0.1, 0.15) is 42.7 Å². The van der Waals surface area contributed by atoms with E-state index in [1.54, 1.807) is 21.1 Å². The van der Waals surface area contributed by atoms with Gasteiger partial charge in [-0.1, -0.05) is 71.9 Å². The molecule has 15 nitrogen and oxygen atoms in total. The number of Topliss-reactive ketones (excluding diaryl/α,β-unsaturated/α-hetero) is 1. The number of ketones is 1. The molecule has 5 rings (SSSR count). The van der Waals surface area contributed by atoms with Crippen LogP contribution in [-0.2, 0) is 61.7 Å². The molecule has 5 heterocycles. The average molecular weight is 825 g/mol. The summed E-state index contributed by atoms with van der Waals surface area (Å²) in [4.78, 5) is 27.9. The number of esters is 1. The van der Waals surface area contributed by atoms with Crippen molar-refractivity contribution in [1.82, 2.24) is 0 Å². The van der Waals surface area contributed by atoms with E-state index in [1.807, 2.05) is 58.1 Å². The number of fused-ring (bicyclic) bond motifs is 4. The number of hydrogen-bond acceptors (Lipinski definition) is 15. The van der Waals surface area contributed by atoms with E-state index in [0.717, 1.165) is 0 Å². The zero-order valence-corrected chi connectivity index (χ0v) is 36.0. The smallest absolute Gasteiger partial charge is 0.309 e. The summed E-state index contributed by atoms with van der Waals surface area (Å²) in [6.45, 7) is 13.4. The standard InChI is InChI=1S/C43H68O15/c1-23(2)16-14-12-13-15-17-32-42(6,7)33-18-24(3)43(47,58-33)31(45)20-27-19-29(25(4)30(54-27)21-34(46)56-32)55-40-38(50-10)36(28(44)22-52-40)57-41-39(51-11)37(49-9)35(48-8)26(5)53-41/h12-17,23-30,32-33,35-41,44,47H,18-22H2,1-11H3/b13-12+,16-14+,17-15+. The number of aliphatic hydroxyl groups is 2. The molecule has 58 heavy (non-hydrogen) atoms. The van der Waals surface area contributed by atoms with Crippen LogP contribution in [-0.4, -0.2) is 149 Å². The molecule has 0 spiro atoms. The summed E-state index contributed by atoms with van der Waals surface area (Å²) in [5.41, 5.74) is -0.815. The fourth-order valence-corrected chi connectivity index (χ4v) is 8.79. The maximum atomic E-state index is 14.0. The largest absolute Gasteiger partial charge is 0.457 e. The van der Waals surface area contributed by atoms with Crippen LogP contribution >= 0.6 is 0 Å². The van der Waals surface area contributed by atoms with Crippen molar-refractivity contribution in [3.63, 3.8) is 0 Å². The Morgan fingerprint density at radius 1 is 0.793 bits per heavy atom. The van der Waals surface area contributed by atoms with Crippen LogP contribution in [0.4, 0.5) is 0 Å². The highest BCUT2D eigenvalue weighted by Gasteiger charge is 2.57. The van der Waals surface area contributed by atoms with Crippen molar-refractivity contribution in [1.29, 1.82) is 0 Å². The Morgan fingerprint density at radius 3 is 2.10 bits per heavy atom. The zero-order chi connectivity index (χ0) is 42.5. The zero-order valence-electron chi connectivity index (χ0n) is 36.0. The highest BCUT2D eigenvalue weighted by molar-refractivity contribution is 5.86. The van der Waals surface area contributed by atoms with E-state index in [2.05, 4.69) is 19.9 Å². The van der Waals surface area contributed by atoms with E-state index in [9.17, 15) is 19.8 Å². The molecule has 17 atom stereocenters. The summed E-state index contributed by atoms with van der Waals surface area (Å²) in [6.07, 6.45) is 1.18. The number of carbonyl (C=O) groups is 2. The van der Waals surface area contributed by atoms with Crippen LogP contribution in [0.25, 0.3) is 0 Å². The second kappa shape index (κ2) is 20.2. The summed E-state index contributed by atoms with van der Waals surface area (Å²) >= 11 is 0. The molecule has 0 saturated carbocycles. The predicted molar refractivity (Wildman–Crippen MR) is 209 cm³/mol. The van der Waals surface area contributed by atoms with Gasteiger partial charge in [-0.2, -0.15) is 0 Å². The maximum Gasteiger partial charge on any atom is 0.309 e. The van der Waals surface area contributed by atoms with Crippen LogP contribution in [0.1, 0.15) is 74.1 Å². The number of cyclic esters (lactones) is 1. The van der Waals surface area contributed by atoms with Gasteiger partial charge < -0.3 is 62.3 Å². The summed E-state index contributed by atoms with van der Waals surface area (Å²) in [6, 6.07) is 0. The van der Waals surface area contributed by atoms with Gasteiger partial charge in [-0.25, -0.2) is 0 Å². The monoisotopic (exact) mass is 824 g/mol. The van der Waals surface area contributed by atoms with Crippen molar-refractivity contribution in [2.45, 2.75) is 166 Å². The molecule has 4 bridgehead atoms. The topological polar surface area (TPSA) is 176 Å². The lowest BCUT2D eigenvalue weighted by atomic mass is 9.77. The van der Waals surface area contributed by atoms with Gasteiger partial charge in [-0.15, -0.1) is 0 Å². The van der Waals surface area contributed by atoms with Gasteiger partial charge in [0.2, 0.25) is 5.79 Å². The van der Waals surface area contributed by atoms with Crippen molar-refractivity contribution in [2.75, 3.05) is 35.0 Å². The Balaban J connectivity index is 1.38. The third kappa shape index (κ3) is 10.3. The maximum absolute atomic E-state index is 14.0. The van der Waals surface area contributed by atoms with E-state index in [-0.39, 0.29) is 25.9 Å². The predicted octanol–water partition coefficient (Wildman–Crippen LogP) is 3.81. The first-order valence-corrected chi connectivity index (χ1v) is 20.7. The fraction of sp³-hybridized carbons (Fsp3) is 0.814. The molecule has 0 aromatic carbocycles. The van der Waals surface area contributed by atoms with Crippen LogP contribution < -0.4 is 0 Å². The average Bonchev–Trinajstić information content (AvgIpc) is 3.50. The normalized spacial score (nSPS) is 44.1. The first kappa shape index (κ1) is 46.9. The first-order chi connectivity index (χ1) is 27.5. The van der Waals surface area contributed by atoms with E-state index in [1.165, 1.54) is 14.2 Å². The second-order valence-electron chi connectivity index (χ2n) is 17.3. The number of aliphatic hydroxyl groups excluding tert-OH is 1. The summed E-state index contributed by atoms with van der Waals surface area (Å²) in [7, 11) is 6.11. The molecule has 5 aliphatic rings. The lowest BCUT2D eigenvalue weighted by Crippen LogP contribution is -2.63. The van der Waals surface area contributed by atoms with Gasteiger partial charge in [0.05, 0.1) is 43.5 Å².